The first kappa shape index (κ1) is 22.4. The molecule has 156 valence electrons. The number of benzene rings is 2. The Kier molecular flexibility index (Phi) is 8.69. The molecule has 0 aliphatic rings. The predicted molar refractivity (Wildman–Crippen MR) is 111 cm³/mol. The zero-order chi connectivity index (χ0) is 21.1. The lowest BCUT2D eigenvalue weighted by Crippen LogP contribution is -2.30. The molecule has 2 rings (SSSR count). The summed E-state index contributed by atoms with van der Waals surface area (Å²) in [6.45, 7) is 4.14. The summed E-state index contributed by atoms with van der Waals surface area (Å²) in [6, 6.07) is 14.4. The van der Waals surface area contributed by atoms with Crippen molar-refractivity contribution in [2.45, 2.75) is 13.8 Å². The summed E-state index contributed by atoms with van der Waals surface area (Å²) < 4.78 is 41.8. The van der Waals surface area contributed by atoms with E-state index in [2.05, 4.69) is 4.72 Å². The van der Waals surface area contributed by atoms with Gasteiger partial charge in [-0.1, -0.05) is 29.8 Å². The molecule has 0 amide bonds. The second-order valence-corrected chi connectivity index (χ2v) is 7.70. The fraction of sp³-hybridized carbons (Fsp3) is 0.286. The molecule has 0 aliphatic carbocycles. The van der Waals surface area contributed by atoms with Crippen molar-refractivity contribution in [3.63, 3.8) is 0 Å². The number of hydrogen-bond acceptors (Lipinski definition) is 6. The van der Waals surface area contributed by atoms with Gasteiger partial charge >= 0.3 is 5.97 Å². The highest BCUT2D eigenvalue weighted by Gasteiger charge is 2.10. The number of rotatable bonds is 11. The normalized spacial score (nSPS) is 11.4. The summed E-state index contributed by atoms with van der Waals surface area (Å²) in [5, 5.41) is 1.01. The molecule has 8 heteroatoms. The fourth-order valence-electron chi connectivity index (χ4n) is 2.22. The summed E-state index contributed by atoms with van der Waals surface area (Å²) >= 11 is 0. The topological polar surface area (TPSA) is 90.9 Å². The summed E-state index contributed by atoms with van der Waals surface area (Å²) in [5.74, 6) is 0.675. The first-order valence-electron chi connectivity index (χ1n) is 9.13. The van der Waals surface area contributed by atoms with E-state index in [9.17, 15) is 13.2 Å². The molecular weight excluding hydrogens is 394 g/mol. The van der Waals surface area contributed by atoms with Gasteiger partial charge in [0, 0.05) is 5.41 Å². The highest BCUT2D eigenvalue weighted by Crippen LogP contribution is 2.17. The van der Waals surface area contributed by atoms with E-state index in [0.29, 0.717) is 12.4 Å². The number of nitrogens with one attached hydrogen (secondary N) is 1. The molecule has 0 heterocycles. The van der Waals surface area contributed by atoms with Crippen LogP contribution in [0.15, 0.2) is 53.9 Å². The number of aryl methyl sites for hydroxylation is 1. The van der Waals surface area contributed by atoms with Gasteiger partial charge in [0.15, 0.2) is 0 Å². The summed E-state index contributed by atoms with van der Waals surface area (Å²) in [5.41, 5.74) is 1.83. The van der Waals surface area contributed by atoms with Crippen molar-refractivity contribution in [3.05, 3.63) is 65.1 Å². The molecule has 0 fully saturated rings. The third-order valence-corrected chi connectivity index (χ3v) is 4.73. The van der Waals surface area contributed by atoms with E-state index in [1.807, 2.05) is 26.0 Å². The van der Waals surface area contributed by atoms with Crippen LogP contribution < -0.4 is 14.2 Å². The van der Waals surface area contributed by atoms with Crippen molar-refractivity contribution in [1.29, 1.82) is 0 Å². The van der Waals surface area contributed by atoms with Crippen molar-refractivity contribution >= 4 is 22.1 Å². The minimum absolute atomic E-state index is 0.00692. The molecule has 0 radical (unpaired) electrons. The number of hydrogen-bond donors (Lipinski definition) is 1. The van der Waals surface area contributed by atoms with Gasteiger partial charge < -0.3 is 14.2 Å². The maximum absolute atomic E-state index is 11.9. The van der Waals surface area contributed by atoms with Crippen LogP contribution in [0.3, 0.4) is 0 Å². The number of carbonyl (C=O) groups is 1. The molecule has 2 aromatic rings. The third-order valence-electron chi connectivity index (χ3n) is 3.68. The van der Waals surface area contributed by atoms with Crippen LogP contribution in [0, 0.1) is 6.92 Å². The van der Waals surface area contributed by atoms with Crippen LogP contribution in [0.25, 0.3) is 6.08 Å². The Morgan fingerprint density at radius 3 is 2.21 bits per heavy atom. The average molecular weight is 419 g/mol. The smallest absolute Gasteiger partial charge is 0.321 e. The number of sulfonamides is 1. The molecule has 2 aromatic carbocycles. The van der Waals surface area contributed by atoms with E-state index >= 15 is 0 Å². The van der Waals surface area contributed by atoms with Crippen LogP contribution in [-0.4, -0.2) is 40.8 Å². The maximum Gasteiger partial charge on any atom is 0.321 e. The third kappa shape index (κ3) is 8.80. The van der Waals surface area contributed by atoms with Crippen LogP contribution in [0.1, 0.15) is 18.1 Å². The van der Waals surface area contributed by atoms with Gasteiger partial charge in [0.2, 0.25) is 10.0 Å². The van der Waals surface area contributed by atoms with Crippen molar-refractivity contribution in [2.75, 3.05) is 26.4 Å². The Bertz CT molecular complexity index is 905. The molecule has 1 N–H and O–H groups in total. The van der Waals surface area contributed by atoms with E-state index in [1.54, 1.807) is 36.4 Å². The second-order valence-electron chi connectivity index (χ2n) is 6.05. The quantitative estimate of drug-likeness (QED) is 0.445. The Morgan fingerprint density at radius 2 is 1.59 bits per heavy atom. The van der Waals surface area contributed by atoms with E-state index < -0.39 is 22.5 Å². The molecule has 7 nitrogen and oxygen atoms in total. The highest BCUT2D eigenvalue weighted by molar-refractivity contribution is 7.92. The largest absolute Gasteiger partial charge is 0.494 e. The van der Waals surface area contributed by atoms with Gasteiger partial charge in [0.1, 0.15) is 31.3 Å². The van der Waals surface area contributed by atoms with E-state index in [-0.39, 0.29) is 13.2 Å². The van der Waals surface area contributed by atoms with Gasteiger partial charge in [0.25, 0.3) is 0 Å². The van der Waals surface area contributed by atoms with Crippen LogP contribution >= 0.6 is 0 Å². The zero-order valence-electron chi connectivity index (χ0n) is 16.5. The standard InChI is InChI=1S/C21H25NO6S/c1-3-26-19-8-10-20(11-9-19)27-13-14-28-21(23)16-22-29(24,25)15-12-18-6-4-17(2)5-7-18/h4-12,15,22H,3,13-14,16H2,1-2H3/b15-12+. The molecule has 0 aliphatic heterocycles. The van der Waals surface area contributed by atoms with Crippen LogP contribution in [0.5, 0.6) is 11.5 Å². The van der Waals surface area contributed by atoms with Gasteiger partial charge in [-0.15, -0.1) is 0 Å². The van der Waals surface area contributed by atoms with Crippen LogP contribution in [0.2, 0.25) is 0 Å². The van der Waals surface area contributed by atoms with Crippen molar-refractivity contribution in [3.8, 4) is 11.5 Å². The first-order chi connectivity index (χ1) is 13.9. The van der Waals surface area contributed by atoms with Gasteiger partial charge in [-0.3, -0.25) is 4.79 Å². The van der Waals surface area contributed by atoms with E-state index in [4.69, 9.17) is 14.2 Å². The molecule has 0 aromatic heterocycles. The number of ether oxygens (including phenoxy) is 3. The Hall–Kier alpha value is -2.84. The minimum atomic E-state index is -3.74. The molecular formula is C21H25NO6S. The Balaban J connectivity index is 1.67. The van der Waals surface area contributed by atoms with E-state index in [1.165, 1.54) is 6.08 Å². The highest BCUT2D eigenvalue weighted by atomic mass is 32.2. The second kappa shape index (κ2) is 11.2. The summed E-state index contributed by atoms with van der Waals surface area (Å²) in [4.78, 5) is 11.7. The van der Waals surface area contributed by atoms with Gasteiger partial charge in [0.05, 0.1) is 6.61 Å². The Morgan fingerprint density at radius 1 is 0.966 bits per heavy atom. The number of carbonyl (C=O) groups excluding carboxylic acids is 1. The Labute approximate surface area is 171 Å². The van der Waals surface area contributed by atoms with Gasteiger partial charge in [-0.2, -0.15) is 0 Å². The SMILES string of the molecule is CCOc1ccc(OCCOC(=O)CNS(=O)(=O)/C=C/c2ccc(C)cc2)cc1. The average Bonchev–Trinajstić information content (AvgIpc) is 2.71. The van der Waals surface area contributed by atoms with Crippen LogP contribution in [-0.2, 0) is 19.6 Å². The molecule has 29 heavy (non-hydrogen) atoms. The van der Waals surface area contributed by atoms with Gasteiger partial charge in [-0.05, 0) is 49.8 Å². The molecule has 0 spiro atoms. The molecule has 0 atom stereocenters. The lowest BCUT2D eigenvalue weighted by atomic mass is 10.2. The first-order valence-corrected chi connectivity index (χ1v) is 10.7. The molecule has 0 saturated heterocycles. The number of esters is 1. The molecule has 0 unspecified atom stereocenters. The lowest BCUT2D eigenvalue weighted by molar-refractivity contribution is -0.142. The van der Waals surface area contributed by atoms with Crippen molar-refractivity contribution in [1.82, 2.24) is 4.72 Å². The fourth-order valence-corrected chi connectivity index (χ4v) is 2.97. The molecule has 0 saturated carbocycles. The predicted octanol–water partition coefficient (Wildman–Crippen LogP) is 2.91. The summed E-state index contributed by atoms with van der Waals surface area (Å²) in [6.07, 6.45) is 1.46. The van der Waals surface area contributed by atoms with Crippen molar-refractivity contribution < 1.29 is 27.4 Å². The monoisotopic (exact) mass is 419 g/mol. The van der Waals surface area contributed by atoms with Gasteiger partial charge in [-0.25, -0.2) is 13.1 Å². The molecule has 0 bridgehead atoms. The zero-order valence-corrected chi connectivity index (χ0v) is 17.3. The minimum Gasteiger partial charge on any atom is -0.494 e. The van der Waals surface area contributed by atoms with E-state index in [0.717, 1.165) is 22.3 Å². The van der Waals surface area contributed by atoms with Crippen LogP contribution in [0.4, 0.5) is 0 Å². The maximum atomic E-state index is 11.9. The summed E-state index contributed by atoms with van der Waals surface area (Å²) in [7, 11) is -3.74. The lowest BCUT2D eigenvalue weighted by Gasteiger charge is -2.08. The van der Waals surface area contributed by atoms with Crippen molar-refractivity contribution in [2.24, 2.45) is 0 Å².